The van der Waals surface area contributed by atoms with Crippen molar-refractivity contribution >= 4 is 17.2 Å². The van der Waals surface area contributed by atoms with Gasteiger partial charge in [0.25, 0.3) is 0 Å². The summed E-state index contributed by atoms with van der Waals surface area (Å²) in [4.78, 5) is 14.8. The number of carbonyl (C=O) groups excluding carboxylic acids is 1. The number of ether oxygens (including phenoxy) is 1. The first kappa shape index (κ1) is 16.6. The summed E-state index contributed by atoms with van der Waals surface area (Å²) < 4.78 is 5.72. The summed E-state index contributed by atoms with van der Waals surface area (Å²) in [5.74, 6) is 0.894. The molecule has 1 aromatic rings. The standard InChI is InChI=1S/C19H28N2O2S/c22-18(11-15-1-2-15)20-17-13-23-9-6-19(17)4-7-21(8-5-19)12-16-3-10-24-14-16/h3,10,14-15,17H,1-2,4-9,11-13H2,(H,20,22). The van der Waals surface area contributed by atoms with Crippen LogP contribution in [0.4, 0.5) is 0 Å². The summed E-state index contributed by atoms with van der Waals surface area (Å²) in [6.45, 7) is 4.87. The Morgan fingerprint density at radius 2 is 2.17 bits per heavy atom. The number of nitrogens with one attached hydrogen (secondary N) is 1. The van der Waals surface area contributed by atoms with E-state index < -0.39 is 0 Å². The van der Waals surface area contributed by atoms with Gasteiger partial charge in [0.1, 0.15) is 0 Å². The van der Waals surface area contributed by atoms with Gasteiger partial charge in [-0.2, -0.15) is 11.3 Å². The quantitative estimate of drug-likeness (QED) is 0.889. The fourth-order valence-corrected chi connectivity index (χ4v) is 4.92. The molecule has 132 valence electrons. The lowest BCUT2D eigenvalue weighted by atomic mass is 9.69. The zero-order valence-corrected chi connectivity index (χ0v) is 15.2. The summed E-state index contributed by atoms with van der Waals surface area (Å²) >= 11 is 1.78. The highest BCUT2D eigenvalue weighted by atomic mass is 32.1. The number of rotatable bonds is 5. The van der Waals surface area contributed by atoms with Gasteiger partial charge in [-0.15, -0.1) is 0 Å². The van der Waals surface area contributed by atoms with Crippen molar-refractivity contribution in [1.82, 2.24) is 10.2 Å². The largest absolute Gasteiger partial charge is 0.379 e. The van der Waals surface area contributed by atoms with Gasteiger partial charge in [0.05, 0.1) is 12.6 Å². The van der Waals surface area contributed by atoms with Crippen molar-refractivity contribution < 1.29 is 9.53 Å². The van der Waals surface area contributed by atoms with E-state index in [1.54, 1.807) is 11.3 Å². The van der Waals surface area contributed by atoms with Crippen LogP contribution in [-0.2, 0) is 16.1 Å². The minimum absolute atomic E-state index is 0.209. The molecule has 1 aliphatic carbocycles. The molecule has 1 spiro atoms. The summed E-state index contributed by atoms with van der Waals surface area (Å²) in [6, 6.07) is 2.44. The van der Waals surface area contributed by atoms with E-state index >= 15 is 0 Å². The van der Waals surface area contributed by atoms with Crippen LogP contribution in [0.25, 0.3) is 0 Å². The molecule has 4 rings (SSSR count). The van der Waals surface area contributed by atoms with Crippen molar-refractivity contribution in [3.63, 3.8) is 0 Å². The Balaban J connectivity index is 1.34. The molecule has 1 unspecified atom stereocenters. The molecule has 1 atom stereocenters. The molecule has 0 bridgehead atoms. The van der Waals surface area contributed by atoms with Crippen molar-refractivity contribution in [2.45, 2.75) is 51.1 Å². The summed E-state index contributed by atoms with van der Waals surface area (Å²) in [5, 5.41) is 7.74. The maximum absolute atomic E-state index is 12.3. The number of nitrogens with zero attached hydrogens (tertiary/aromatic N) is 1. The molecule has 3 aliphatic rings. The lowest BCUT2D eigenvalue weighted by Gasteiger charge is -2.49. The Kier molecular flexibility index (Phi) is 4.93. The second-order valence-electron chi connectivity index (χ2n) is 7.86. The normalized spacial score (nSPS) is 27.2. The molecule has 0 aromatic carbocycles. The molecular formula is C19H28N2O2S. The number of hydrogen-bond donors (Lipinski definition) is 1. The average Bonchev–Trinajstić information content (AvgIpc) is 3.24. The van der Waals surface area contributed by atoms with Crippen molar-refractivity contribution in [3.05, 3.63) is 22.4 Å². The molecule has 1 amide bonds. The van der Waals surface area contributed by atoms with Gasteiger partial charge in [-0.25, -0.2) is 0 Å². The number of carbonyl (C=O) groups is 1. The molecule has 3 fully saturated rings. The van der Waals surface area contributed by atoms with Gasteiger partial charge >= 0.3 is 0 Å². The van der Waals surface area contributed by atoms with Crippen LogP contribution in [0.3, 0.4) is 0 Å². The predicted molar refractivity (Wildman–Crippen MR) is 96.0 cm³/mol. The fourth-order valence-electron chi connectivity index (χ4n) is 4.26. The number of hydrogen-bond acceptors (Lipinski definition) is 4. The Morgan fingerprint density at radius 1 is 1.33 bits per heavy atom. The van der Waals surface area contributed by atoms with Gasteiger partial charge in [0.15, 0.2) is 0 Å². The lowest BCUT2D eigenvalue weighted by molar-refractivity contribution is -0.127. The van der Waals surface area contributed by atoms with Crippen LogP contribution in [0.2, 0.25) is 0 Å². The second-order valence-corrected chi connectivity index (χ2v) is 8.64. The Hall–Kier alpha value is -0.910. The fraction of sp³-hybridized carbons (Fsp3) is 0.737. The summed E-state index contributed by atoms with van der Waals surface area (Å²) in [6.07, 6.45) is 6.63. The van der Waals surface area contributed by atoms with E-state index in [2.05, 4.69) is 27.0 Å². The van der Waals surface area contributed by atoms with E-state index in [0.29, 0.717) is 12.5 Å². The van der Waals surface area contributed by atoms with Crippen molar-refractivity contribution in [2.24, 2.45) is 11.3 Å². The number of likely N-dealkylation sites (tertiary alicyclic amines) is 1. The summed E-state index contributed by atoms with van der Waals surface area (Å²) in [5.41, 5.74) is 1.68. The monoisotopic (exact) mass is 348 g/mol. The zero-order chi connectivity index (χ0) is 16.4. The summed E-state index contributed by atoms with van der Waals surface area (Å²) in [7, 11) is 0. The van der Waals surface area contributed by atoms with Crippen LogP contribution < -0.4 is 5.32 Å². The molecule has 1 saturated carbocycles. The molecule has 1 aromatic heterocycles. The molecule has 3 heterocycles. The zero-order valence-electron chi connectivity index (χ0n) is 14.3. The van der Waals surface area contributed by atoms with Gasteiger partial charge < -0.3 is 10.1 Å². The topological polar surface area (TPSA) is 41.6 Å². The van der Waals surface area contributed by atoms with Crippen LogP contribution in [0.15, 0.2) is 16.8 Å². The first-order valence-corrected chi connectivity index (χ1v) is 10.3. The van der Waals surface area contributed by atoms with E-state index in [4.69, 9.17) is 4.74 Å². The van der Waals surface area contributed by atoms with E-state index in [1.165, 1.54) is 31.2 Å². The Labute approximate surface area is 148 Å². The third-order valence-electron chi connectivity index (χ3n) is 6.11. The first-order chi connectivity index (χ1) is 11.7. The number of thiophene rings is 1. The maximum Gasteiger partial charge on any atom is 0.220 e. The molecule has 4 nitrogen and oxygen atoms in total. The molecule has 2 saturated heterocycles. The van der Waals surface area contributed by atoms with Crippen molar-refractivity contribution in [1.29, 1.82) is 0 Å². The van der Waals surface area contributed by atoms with E-state index in [-0.39, 0.29) is 17.4 Å². The molecule has 5 heteroatoms. The van der Waals surface area contributed by atoms with Crippen LogP contribution in [0.1, 0.15) is 44.1 Å². The minimum Gasteiger partial charge on any atom is -0.379 e. The van der Waals surface area contributed by atoms with Gasteiger partial charge in [0.2, 0.25) is 5.91 Å². The Morgan fingerprint density at radius 3 is 2.88 bits per heavy atom. The highest BCUT2D eigenvalue weighted by molar-refractivity contribution is 7.07. The third-order valence-corrected chi connectivity index (χ3v) is 6.84. The van der Waals surface area contributed by atoms with Crippen molar-refractivity contribution in [3.8, 4) is 0 Å². The van der Waals surface area contributed by atoms with Gasteiger partial charge in [-0.1, -0.05) is 0 Å². The highest BCUT2D eigenvalue weighted by Crippen LogP contribution is 2.41. The Bertz CT molecular complexity index is 548. The number of amides is 1. The molecule has 24 heavy (non-hydrogen) atoms. The average molecular weight is 349 g/mol. The first-order valence-electron chi connectivity index (χ1n) is 9.34. The van der Waals surface area contributed by atoms with Gasteiger partial charge in [-0.3, -0.25) is 9.69 Å². The minimum atomic E-state index is 0.209. The van der Waals surface area contributed by atoms with E-state index in [9.17, 15) is 4.79 Å². The molecule has 1 N–H and O–H groups in total. The molecular weight excluding hydrogens is 320 g/mol. The van der Waals surface area contributed by atoms with Gasteiger partial charge in [0, 0.05) is 19.6 Å². The second kappa shape index (κ2) is 7.14. The lowest BCUT2D eigenvalue weighted by Crippen LogP contribution is -2.57. The molecule has 0 radical (unpaired) electrons. The maximum atomic E-state index is 12.3. The number of piperidine rings is 1. The van der Waals surface area contributed by atoms with Crippen molar-refractivity contribution in [2.75, 3.05) is 26.3 Å². The van der Waals surface area contributed by atoms with Crippen LogP contribution in [-0.4, -0.2) is 43.2 Å². The predicted octanol–water partition coefficient (Wildman–Crippen LogP) is 3.04. The SMILES string of the molecule is O=C(CC1CC1)NC1COCCC12CCN(Cc1ccsc1)CC2. The van der Waals surface area contributed by atoms with E-state index in [0.717, 1.165) is 39.1 Å². The van der Waals surface area contributed by atoms with Crippen LogP contribution in [0, 0.1) is 11.3 Å². The molecule has 2 aliphatic heterocycles. The smallest absolute Gasteiger partial charge is 0.220 e. The third kappa shape index (κ3) is 3.84. The van der Waals surface area contributed by atoms with Crippen LogP contribution >= 0.6 is 11.3 Å². The van der Waals surface area contributed by atoms with Gasteiger partial charge in [-0.05, 0) is 78.9 Å². The van der Waals surface area contributed by atoms with Crippen LogP contribution in [0.5, 0.6) is 0 Å². The highest BCUT2D eigenvalue weighted by Gasteiger charge is 2.44. The van der Waals surface area contributed by atoms with E-state index in [1.807, 2.05) is 0 Å².